The number of aryl methyl sites for hydroxylation is 3. The molecule has 0 fully saturated rings. The Morgan fingerprint density at radius 2 is 1.28 bits per heavy atom. The second-order valence-corrected chi connectivity index (χ2v) is 23.6. The zero-order valence-corrected chi connectivity index (χ0v) is 40.2. The number of benzene rings is 6. The van der Waals surface area contributed by atoms with Gasteiger partial charge in [-0.05, 0) is 123 Å². The molecule has 0 spiro atoms. The topological polar surface area (TPSA) is 0 Å². The maximum Gasteiger partial charge on any atom is 0.242 e. The Kier molecular flexibility index (Phi) is 10.2. The zero-order valence-electron chi connectivity index (χ0n) is 39.4. The van der Waals surface area contributed by atoms with Crippen LogP contribution in [0.15, 0.2) is 109 Å². The van der Waals surface area contributed by atoms with E-state index in [1.165, 1.54) is 99.5 Å². The molecule has 7 aromatic rings. The molecule has 0 saturated carbocycles. The van der Waals surface area contributed by atoms with E-state index in [0.29, 0.717) is 5.92 Å². The monoisotopic (exact) mass is 819 g/mol. The van der Waals surface area contributed by atoms with E-state index in [-0.39, 0.29) is 34.3 Å². The molecule has 2 aliphatic rings. The van der Waals surface area contributed by atoms with Crippen LogP contribution in [0.2, 0.25) is 0 Å². The van der Waals surface area contributed by atoms with Crippen molar-refractivity contribution >= 4 is 54.6 Å². The molecule has 6 aromatic carbocycles. The summed E-state index contributed by atoms with van der Waals surface area (Å²) in [4.78, 5) is 0. The fourth-order valence-electron chi connectivity index (χ4n) is 11.3. The van der Waals surface area contributed by atoms with Crippen LogP contribution in [-0.2, 0) is 28.1 Å². The van der Waals surface area contributed by atoms with Gasteiger partial charge in [0.05, 0.1) is 0 Å². The van der Waals surface area contributed by atoms with Crippen molar-refractivity contribution in [2.45, 2.75) is 149 Å². The summed E-state index contributed by atoms with van der Waals surface area (Å²) in [6.07, 6.45) is 4.54. The van der Waals surface area contributed by atoms with Crippen LogP contribution in [0.25, 0.3) is 20.2 Å². The van der Waals surface area contributed by atoms with E-state index in [1.54, 1.807) is 11.1 Å². The van der Waals surface area contributed by atoms with Crippen LogP contribution < -0.4 is 16.4 Å². The van der Waals surface area contributed by atoms with Gasteiger partial charge in [-0.2, -0.15) is 0 Å². The molecule has 2 unspecified atom stereocenters. The van der Waals surface area contributed by atoms with Crippen molar-refractivity contribution in [2.75, 3.05) is 0 Å². The second kappa shape index (κ2) is 14.9. The van der Waals surface area contributed by atoms with E-state index >= 15 is 0 Å². The number of hydrogen-bond donors (Lipinski definition) is 0. The van der Waals surface area contributed by atoms with E-state index in [2.05, 4.69) is 199 Å². The maximum absolute atomic E-state index is 2.74. The molecule has 9 rings (SSSR count). The van der Waals surface area contributed by atoms with Crippen molar-refractivity contribution in [2.24, 2.45) is 0 Å². The highest BCUT2D eigenvalue weighted by atomic mass is 32.1. The van der Waals surface area contributed by atoms with Gasteiger partial charge in [0.2, 0.25) is 6.71 Å². The summed E-state index contributed by atoms with van der Waals surface area (Å²) in [7, 11) is 0. The average molecular weight is 819 g/mol. The SMILES string of the molecule is Cc1cc(C)c2c(c1)C(CCc1ccc(C(C)(C)C)cc1)c1ccc(C(C)(C)C)cc1B2c1cc2c(cc1C(C)c1cccc3sc4ccccc4c13)C(C)(C)CCC2(C)C. The Bertz CT molecular complexity index is 2810. The first-order chi connectivity index (χ1) is 28.7. The molecule has 2 heteroatoms. The van der Waals surface area contributed by atoms with Gasteiger partial charge in [-0.25, -0.2) is 0 Å². The van der Waals surface area contributed by atoms with Crippen LogP contribution in [0.3, 0.4) is 0 Å². The number of hydrogen-bond acceptors (Lipinski definition) is 1. The Labute approximate surface area is 372 Å². The molecule has 1 aliphatic heterocycles. The maximum atomic E-state index is 2.74. The average Bonchev–Trinajstić information content (AvgIpc) is 3.59. The highest BCUT2D eigenvalue weighted by molar-refractivity contribution is 7.25. The van der Waals surface area contributed by atoms with E-state index < -0.39 is 0 Å². The predicted octanol–water partition coefficient (Wildman–Crippen LogP) is 14.4. The first-order valence-electron chi connectivity index (χ1n) is 23.2. The molecule has 2 atom stereocenters. The van der Waals surface area contributed by atoms with Crippen LogP contribution in [0, 0.1) is 13.8 Å². The third kappa shape index (κ3) is 7.33. The van der Waals surface area contributed by atoms with E-state index in [4.69, 9.17) is 0 Å². The number of thiophene rings is 1. The van der Waals surface area contributed by atoms with Gasteiger partial charge in [-0.15, -0.1) is 11.3 Å². The minimum absolute atomic E-state index is 0.0279. The molecule has 61 heavy (non-hydrogen) atoms. The molecule has 2 heterocycles. The Hall–Kier alpha value is -4.40. The van der Waals surface area contributed by atoms with Crippen molar-refractivity contribution in [1.29, 1.82) is 0 Å². The van der Waals surface area contributed by atoms with Gasteiger partial charge in [0.15, 0.2) is 0 Å². The molecule has 0 amide bonds. The van der Waals surface area contributed by atoms with Crippen molar-refractivity contribution in [3.8, 4) is 0 Å². The number of fused-ring (bicyclic) bond motifs is 6. The molecule has 0 saturated heterocycles. The van der Waals surface area contributed by atoms with E-state index in [1.807, 2.05) is 11.3 Å². The Morgan fingerprint density at radius 3 is 1.97 bits per heavy atom. The summed E-state index contributed by atoms with van der Waals surface area (Å²) in [6.45, 7) is 31.5. The largest absolute Gasteiger partial charge is 0.242 e. The Morgan fingerprint density at radius 1 is 0.639 bits per heavy atom. The summed E-state index contributed by atoms with van der Waals surface area (Å²) in [5.74, 6) is 0.510. The molecule has 0 radical (unpaired) electrons. The van der Waals surface area contributed by atoms with E-state index in [9.17, 15) is 0 Å². The van der Waals surface area contributed by atoms with E-state index in [0.717, 1.165) is 12.8 Å². The number of rotatable bonds is 6. The van der Waals surface area contributed by atoms with Crippen molar-refractivity contribution in [3.05, 3.63) is 170 Å². The quantitative estimate of drug-likeness (QED) is 0.147. The Balaban J connectivity index is 1.31. The molecule has 0 bridgehead atoms. The lowest BCUT2D eigenvalue weighted by Gasteiger charge is -2.44. The van der Waals surface area contributed by atoms with Crippen LogP contribution in [0.4, 0.5) is 0 Å². The lowest BCUT2D eigenvalue weighted by molar-refractivity contribution is 0.332. The van der Waals surface area contributed by atoms with Crippen molar-refractivity contribution in [1.82, 2.24) is 0 Å². The molecule has 1 aromatic heterocycles. The van der Waals surface area contributed by atoms with Gasteiger partial charge in [0, 0.05) is 32.0 Å². The summed E-state index contributed by atoms with van der Waals surface area (Å²) < 4.78 is 2.76. The molecular formula is C59H67BS. The lowest BCUT2D eigenvalue weighted by Crippen LogP contribution is -2.60. The van der Waals surface area contributed by atoms with Gasteiger partial charge in [0.25, 0.3) is 0 Å². The summed E-state index contributed by atoms with van der Waals surface area (Å²) in [6, 6.07) is 43.8. The second-order valence-electron chi connectivity index (χ2n) is 22.5. The zero-order chi connectivity index (χ0) is 43.4. The summed E-state index contributed by atoms with van der Waals surface area (Å²) in [5.41, 5.74) is 21.1. The molecule has 0 N–H and O–H groups in total. The van der Waals surface area contributed by atoms with Gasteiger partial charge in [0.1, 0.15) is 0 Å². The third-order valence-electron chi connectivity index (χ3n) is 15.1. The fourth-order valence-corrected chi connectivity index (χ4v) is 12.5. The molecule has 312 valence electrons. The van der Waals surface area contributed by atoms with Gasteiger partial charge < -0.3 is 0 Å². The minimum atomic E-state index is 0.0279. The van der Waals surface area contributed by atoms with Gasteiger partial charge in [-0.1, -0.05) is 201 Å². The fraction of sp³-hybridized carbons (Fsp3) is 0.390. The summed E-state index contributed by atoms with van der Waals surface area (Å²) >= 11 is 1.94. The van der Waals surface area contributed by atoms with Gasteiger partial charge in [-0.3, -0.25) is 0 Å². The lowest BCUT2D eigenvalue weighted by atomic mass is 9.30. The first-order valence-corrected chi connectivity index (χ1v) is 24.0. The van der Waals surface area contributed by atoms with Gasteiger partial charge >= 0.3 is 0 Å². The third-order valence-corrected chi connectivity index (χ3v) is 16.3. The van der Waals surface area contributed by atoms with Crippen molar-refractivity contribution in [3.63, 3.8) is 0 Å². The smallest absolute Gasteiger partial charge is 0.135 e. The molecular weight excluding hydrogens is 752 g/mol. The van der Waals surface area contributed by atoms with Crippen LogP contribution in [0.5, 0.6) is 0 Å². The molecule has 1 aliphatic carbocycles. The minimum Gasteiger partial charge on any atom is -0.135 e. The van der Waals surface area contributed by atoms with Crippen LogP contribution >= 0.6 is 11.3 Å². The highest BCUT2D eigenvalue weighted by Gasteiger charge is 2.43. The molecule has 0 nitrogen and oxygen atoms in total. The normalized spacial score (nSPS) is 17.6. The predicted molar refractivity (Wildman–Crippen MR) is 270 cm³/mol. The highest BCUT2D eigenvalue weighted by Crippen LogP contribution is 2.48. The summed E-state index contributed by atoms with van der Waals surface area (Å²) in [5, 5.41) is 2.82. The standard InChI is InChI=1S/C59H67BS/c1-36-31-37(2)55-47(32-36)43(27-23-39-21-24-40(25-22-39)56(4,5)6)44-28-26-41(57(7,8)9)33-50(44)60(55)51-35-49-48(58(10,11)29-30-59(49,12)13)34-46(51)38(3)42-18-16-20-53-54(42)45-17-14-15-19-52(45)61-53/h14-22,24-26,28,31-35,38,43H,23,27,29-30H2,1-13H3. The van der Waals surface area contributed by atoms with Crippen LogP contribution in [-0.4, -0.2) is 6.71 Å². The first kappa shape index (κ1) is 41.9. The van der Waals surface area contributed by atoms with Crippen molar-refractivity contribution < 1.29 is 0 Å². The van der Waals surface area contributed by atoms with Crippen LogP contribution in [0.1, 0.15) is 168 Å².